The number of thioether (sulfide) groups is 1. The predicted octanol–water partition coefficient (Wildman–Crippen LogP) is 3.53. The van der Waals surface area contributed by atoms with Gasteiger partial charge in [0.05, 0.1) is 6.10 Å². The van der Waals surface area contributed by atoms with E-state index >= 15 is 0 Å². The summed E-state index contributed by atoms with van der Waals surface area (Å²) >= 11 is 1.92. The highest BCUT2D eigenvalue weighted by molar-refractivity contribution is 7.99. The van der Waals surface area contributed by atoms with Crippen molar-refractivity contribution in [1.82, 2.24) is 0 Å². The van der Waals surface area contributed by atoms with Crippen molar-refractivity contribution >= 4 is 11.8 Å². The molecule has 0 spiro atoms. The van der Waals surface area contributed by atoms with Gasteiger partial charge in [-0.05, 0) is 25.3 Å². The number of aryl methyl sites for hydroxylation is 1. The standard InChI is InChI=1S/C14H20OS/c1-11-5-4-6-12(9-11)10-16-14-8-3-2-7-13(14)15/h4-6,9,13-15H,2-3,7-8,10H2,1H3/t13-,14-/m0/s1. The summed E-state index contributed by atoms with van der Waals surface area (Å²) in [5, 5.41) is 10.3. The maximum atomic E-state index is 9.88. The molecule has 1 saturated carbocycles. The van der Waals surface area contributed by atoms with Crippen molar-refractivity contribution in [3.8, 4) is 0 Å². The zero-order valence-electron chi connectivity index (χ0n) is 9.86. The van der Waals surface area contributed by atoms with Crippen LogP contribution in [0.3, 0.4) is 0 Å². The van der Waals surface area contributed by atoms with E-state index in [1.54, 1.807) is 0 Å². The molecule has 2 atom stereocenters. The number of benzene rings is 1. The van der Waals surface area contributed by atoms with Gasteiger partial charge in [-0.1, -0.05) is 42.7 Å². The lowest BCUT2D eigenvalue weighted by molar-refractivity contribution is 0.137. The zero-order valence-corrected chi connectivity index (χ0v) is 10.7. The lowest BCUT2D eigenvalue weighted by Crippen LogP contribution is -2.26. The highest BCUT2D eigenvalue weighted by Gasteiger charge is 2.22. The lowest BCUT2D eigenvalue weighted by atomic mass is 9.97. The second-order valence-corrected chi connectivity index (χ2v) is 5.92. The summed E-state index contributed by atoms with van der Waals surface area (Å²) < 4.78 is 0. The molecule has 1 aliphatic rings. The molecule has 88 valence electrons. The van der Waals surface area contributed by atoms with Gasteiger partial charge in [-0.25, -0.2) is 0 Å². The molecule has 0 amide bonds. The van der Waals surface area contributed by atoms with Gasteiger partial charge in [0.1, 0.15) is 0 Å². The van der Waals surface area contributed by atoms with Gasteiger partial charge in [0.15, 0.2) is 0 Å². The van der Waals surface area contributed by atoms with E-state index in [0.29, 0.717) is 5.25 Å². The molecule has 0 aliphatic heterocycles. The van der Waals surface area contributed by atoms with Crippen molar-refractivity contribution in [3.63, 3.8) is 0 Å². The SMILES string of the molecule is Cc1cccc(CS[C@H]2CCCC[C@@H]2O)c1. The minimum absolute atomic E-state index is 0.0800. The molecule has 1 aliphatic carbocycles. The number of hydrogen-bond acceptors (Lipinski definition) is 2. The van der Waals surface area contributed by atoms with Crippen LogP contribution >= 0.6 is 11.8 Å². The maximum Gasteiger partial charge on any atom is 0.0658 e. The molecule has 0 aromatic heterocycles. The van der Waals surface area contributed by atoms with Gasteiger partial charge in [0.2, 0.25) is 0 Å². The third-order valence-corrected chi connectivity index (χ3v) is 4.69. The molecule has 0 unspecified atom stereocenters. The summed E-state index contributed by atoms with van der Waals surface area (Å²) in [6.45, 7) is 2.13. The van der Waals surface area contributed by atoms with Crippen LogP contribution in [0.1, 0.15) is 36.8 Å². The Hall–Kier alpha value is -0.470. The Morgan fingerprint density at radius 3 is 2.88 bits per heavy atom. The Kier molecular flexibility index (Phi) is 4.30. The van der Waals surface area contributed by atoms with Gasteiger partial charge >= 0.3 is 0 Å². The Morgan fingerprint density at radius 2 is 2.12 bits per heavy atom. The van der Waals surface area contributed by atoms with Crippen LogP contribution in [0, 0.1) is 6.92 Å². The average molecular weight is 236 g/mol. The molecule has 1 N–H and O–H groups in total. The van der Waals surface area contributed by atoms with E-state index in [2.05, 4.69) is 31.2 Å². The molecule has 0 bridgehead atoms. The summed E-state index contributed by atoms with van der Waals surface area (Å²) in [5.41, 5.74) is 2.70. The highest BCUT2D eigenvalue weighted by Crippen LogP contribution is 2.30. The van der Waals surface area contributed by atoms with E-state index in [-0.39, 0.29) is 6.10 Å². The third-order valence-electron chi connectivity index (χ3n) is 3.21. The van der Waals surface area contributed by atoms with Crippen LogP contribution in [-0.2, 0) is 5.75 Å². The summed E-state index contributed by atoms with van der Waals surface area (Å²) in [7, 11) is 0. The first-order chi connectivity index (χ1) is 7.75. The van der Waals surface area contributed by atoms with Gasteiger partial charge in [-0.15, -0.1) is 0 Å². The largest absolute Gasteiger partial charge is 0.392 e. The van der Waals surface area contributed by atoms with Gasteiger partial charge in [0.25, 0.3) is 0 Å². The van der Waals surface area contributed by atoms with E-state index in [4.69, 9.17) is 0 Å². The van der Waals surface area contributed by atoms with Crippen molar-refractivity contribution in [2.24, 2.45) is 0 Å². The molecule has 2 heteroatoms. The van der Waals surface area contributed by atoms with Crippen LogP contribution in [0.25, 0.3) is 0 Å². The van der Waals surface area contributed by atoms with Crippen molar-refractivity contribution in [2.75, 3.05) is 0 Å². The number of hydrogen-bond donors (Lipinski definition) is 1. The van der Waals surface area contributed by atoms with Crippen molar-refractivity contribution < 1.29 is 5.11 Å². The summed E-state index contributed by atoms with van der Waals surface area (Å²) in [6.07, 6.45) is 4.57. The van der Waals surface area contributed by atoms with Gasteiger partial charge < -0.3 is 5.11 Å². The molecule has 2 rings (SSSR count). The fraction of sp³-hybridized carbons (Fsp3) is 0.571. The molecule has 1 aromatic rings. The Bertz CT molecular complexity index is 337. The third kappa shape index (κ3) is 3.26. The minimum atomic E-state index is -0.0800. The summed E-state index contributed by atoms with van der Waals surface area (Å²) in [5.74, 6) is 1.03. The van der Waals surface area contributed by atoms with Crippen LogP contribution in [0.5, 0.6) is 0 Å². The predicted molar refractivity (Wildman–Crippen MR) is 70.7 cm³/mol. The van der Waals surface area contributed by atoms with Crippen LogP contribution in [0.15, 0.2) is 24.3 Å². The first-order valence-corrected chi connectivity index (χ1v) is 7.16. The normalized spacial score (nSPS) is 25.6. The van der Waals surface area contributed by atoms with Crippen LogP contribution in [0.4, 0.5) is 0 Å². The topological polar surface area (TPSA) is 20.2 Å². The van der Waals surface area contributed by atoms with Gasteiger partial charge in [-0.3, -0.25) is 0 Å². The number of aliphatic hydroxyl groups is 1. The van der Waals surface area contributed by atoms with Crippen LogP contribution in [0.2, 0.25) is 0 Å². The molecule has 1 nitrogen and oxygen atoms in total. The van der Waals surface area contributed by atoms with Crippen LogP contribution < -0.4 is 0 Å². The van der Waals surface area contributed by atoms with Gasteiger partial charge in [-0.2, -0.15) is 11.8 Å². The fourth-order valence-corrected chi connectivity index (χ4v) is 3.55. The lowest BCUT2D eigenvalue weighted by Gasteiger charge is -2.27. The molecule has 0 heterocycles. The minimum Gasteiger partial charge on any atom is -0.392 e. The molecule has 1 fully saturated rings. The van der Waals surface area contributed by atoms with E-state index in [9.17, 15) is 5.11 Å². The molecule has 1 aromatic carbocycles. The second-order valence-electron chi connectivity index (χ2n) is 4.69. The fourth-order valence-electron chi connectivity index (χ4n) is 2.28. The Balaban J connectivity index is 1.86. The van der Waals surface area contributed by atoms with E-state index < -0.39 is 0 Å². The summed E-state index contributed by atoms with van der Waals surface area (Å²) in [6, 6.07) is 8.66. The molecular formula is C14H20OS. The van der Waals surface area contributed by atoms with E-state index in [1.807, 2.05) is 11.8 Å². The quantitative estimate of drug-likeness (QED) is 0.866. The first-order valence-electron chi connectivity index (χ1n) is 6.11. The van der Waals surface area contributed by atoms with E-state index in [0.717, 1.165) is 12.2 Å². The smallest absolute Gasteiger partial charge is 0.0658 e. The second kappa shape index (κ2) is 5.74. The highest BCUT2D eigenvalue weighted by atomic mass is 32.2. The monoisotopic (exact) mass is 236 g/mol. The molecule has 0 saturated heterocycles. The average Bonchev–Trinajstić information content (AvgIpc) is 2.28. The van der Waals surface area contributed by atoms with E-state index in [1.165, 1.54) is 30.4 Å². The summed E-state index contributed by atoms with van der Waals surface area (Å²) in [4.78, 5) is 0. The van der Waals surface area contributed by atoms with Crippen molar-refractivity contribution in [2.45, 2.75) is 49.7 Å². The zero-order chi connectivity index (χ0) is 11.4. The van der Waals surface area contributed by atoms with Crippen molar-refractivity contribution in [1.29, 1.82) is 0 Å². The molecule has 0 radical (unpaired) electrons. The maximum absolute atomic E-state index is 9.88. The Labute approximate surface area is 102 Å². The molecular weight excluding hydrogens is 216 g/mol. The van der Waals surface area contributed by atoms with Crippen molar-refractivity contribution in [3.05, 3.63) is 35.4 Å². The number of aliphatic hydroxyl groups excluding tert-OH is 1. The first kappa shape index (κ1) is 12.0. The Morgan fingerprint density at radius 1 is 1.31 bits per heavy atom. The number of rotatable bonds is 3. The van der Waals surface area contributed by atoms with Gasteiger partial charge in [0, 0.05) is 11.0 Å². The van der Waals surface area contributed by atoms with Crippen LogP contribution in [-0.4, -0.2) is 16.5 Å². The molecule has 16 heavy (non-hydrogen) atoms.